The zero-order valence-corrected chi connectivity index (χ0v) is 23.1. The van der Waals surface area contributed by atoms with E-state index in [0.29, 0.717) is 53.3 Å². The van der Waals surface area contributed by atoms with Gasteiger partial charge in [-0.15, -0.1) is 0 Å². The van der Waals surface area contributed by atoms with E-state index in [1.54, 1.807) is 35.2 Å². The van der Waals surface area contributed by atoms with E-state index >= 15 is 0 Å². The zero-order chi connectivity index (χ0) is 27.2. The number of methoxy groups -OCH3 is 2. The lowest BCUT2D eigenvalue weighted by Gasteiger charge is -2.36. The molecule has 1 saturated heterocycles. The summed E-state index contributed by atoms with van der Waals surface area (Å²) in [6.07, 6.45) is 0. The molecule has 0 spiro atoms. The Morgan fingerprint density at radius 2 is 1.37 bits per heavy atom. The van der Waals surface area contributed by atoms with Crippen molar-refractivity contribution in [1.29, 1.82) is 0 Å². The Morgan fingerprint density at radius 3 is 1.95 bits per heavy atom. The van der Waals surface area contributed by atoms with Gasteiger partial charge in [0.05, 0.1) is 25.3 Å². The van der Waals surface area contributed by atoms with Crippen LogP contribution in [0, 0.1) is 0 Å². The van der Waals surface area contributed by atoms with Gasteiger partial charge in [0.15, 0.2) is 5.11 Å². The lowest BCUT2D eigenvalue weighted by Crippen LogP contribution is -2.48. The van der Waals surface area contributed by atoms with E-state index in [-0.39, 0.29) is 16.6 Å². The van der Waals surface area contributed by atoms with Crippen LogP contribution in [0.3, 0.4) is 0 Å². The van der Waals surface area contributed by atoms with Gasteiger partial charge in [-0.05, 0) is 72.9 Å². The number of rotatable bonds is 6. The number of anilines is 2. The van der Waals surface area contributed by atoms with Crippen LogP contribution in [-0.2, 0) is 0 Å². The number of amides is 2. The highest BCUT2D eigenvalue weighted by atomic mass is 35.5. The average molecular weight is 574 g/mol. The number of nitrogens with zero attached hydrogens (tertiary/aromatic N) is 2. The fourth-order valence-corrected chi connectivity index (χ4v) is 4.69. The van der Waals surface area contributed by atoms with Crippen LogP contribution in [0.2, 0.25) is 10.0 Å². The lowest BCUT2D eigenvalue weighted by atomic mass is 10.1. The molecule has 8 nitrogen and oxygen atoms in total. The topological polar surface area (TPSA) is 83.1 Å². The van der Waals surface area contributed by atoms with Gasteiger partial charge >= 0.3 is 0 Å². The maximum Gasteiger partial charge on any atom is 0.261 e. The molecular formula is C27H26Cl2N4O4S. The number of thiocarbonyl (C=S) groups is 1. The third-order valence-corrected chi connectivity index (χ3v) is 6.76. The number of carbonyl (C=O) groups excluding carboxylic acids is 2. The molecule has 1 aliphatic rings. The Labute approximate surface area is 236 Å². The number of carbonyl (C=O) groups is 2. The van der Waals surface area contributed by atoms with E-state index in [1.807, 2.05) is 24.3 Å². The van der Waals surface area contributed by atoms with E-state index in [1.165, 1.54) is 20.3 Å². The fraction of sp³-hybridized carbons (Fsp3) is 0.222. The van der Waals surface area contributed by atoms with Gasteiger partial charge in [0.2, 0.25) is 0 Å². The van der Waals surface area contributed by atoms with Crippen LogP contribution in [0.1, 0.15) is 20.7 Å². The van der Waals surface area contributed by atoms with Crippen molar-refractivity contribution in [2.24, 2.45) is 0 Å². The molecule has 1 aliphatic heterocycles. The number of halogens is 2. The first-order valence-electron chi connectivity index (χ1n) is 11.7. The summed E-state index contributed by atoms with van der Waals surface area (Å²) in [6, 6.07) is 17.5. The molecule has 1 heterocycles. The maximum absolute atomic E-state index is 13.0. The van der Waals surface area contributed by atoms with Crippen molar-refractivity contribution in [2.75, 3.05) is 50.6 Å². The third-order valence-electron chi connectivity index (χ3n) is 6.08. The molecule has 3 aromatic rings. The second-order valence-electron chi connectivity index (χ2n) is 8.42. The van der Waals surface area contributed by atoms with Gasteiger partial charge in [0.1, 0.15) is 11.5 Å². The second-order valence-corrected chi connectivity index (χ2v) is 9.70. The summed E-state index contributed by atoms with van der Waals surface area (Å²) < 4.78 is 10.6. The van der Waals surface area contributed by atoms with Gasteiger partial charge < -0.3 is 24.6 Å². The molecule has 3 aromatic carbocycles. The monoisotopic (exact) mass is 572 g/mol. The summed E-state index contributed by atoms with van der Waals surface area (Å²) in [5.74, 6) is 0.370. The van der Waals surface area contributed by atoms with Gasteiger partial charge in [0.25, 0.3) is 11.8 Å². The SMILES string of the molecule is COc1ccc(Cl)cc1C(=O)NC(=S)Nc1ccc(N2CCN(C(=O)c3cc(Cl)ccc3OC)CC2)cc1. The molecule has 0 radical (unpaired) electrons. The van der Waals surface area contributed by atoms with Crippen LogP contribution >= 0.6 is 35.4 Å². The normalized spacial score (nSPS) is 13.1. The highest BCUT2D eigenvalue weighted by Crippen LogP contribution is 2.26. The second kappa shape index (κ2) is 12.3. The molecular weight excluding hydrogens is 547 g/mol. The molecule has 0 atom stereocenters. The first kappa shape index (κ1) is 27.5. The van der Waals surface area contributed by atoms with Crippen molar-refractivity contribution in [3.63, 3.8) is 0 Å². The molecule has 0 saturated carbocycles. The molecule has 1 fully saturated rings. The standard InChI is InChI=1S/C27H26Cl2N4O4S/c1-36-23-9-3-17(28)15-21(23)25(34)31-27(38)30-19-5-7-20(8-6-19)32-11-13-33(14-12-32)26(35)22-16-18(29)4-10-24(22)37-2/h3-10,15-16H,11-14H2,1-2H3,(H2,30,31,34,38). The Bertz CT molecular complexity index is 1350. The molecule has 2 N–H and O–H groups in total. The number of hydrogen-bond donors (Lipinski definition) is 2. The molecule has 0 aliphatic carbocycles. The minimum Gasteiger partial charge on any atom is -0.496 e. The summed E-state index contributed by atoms with van der Waals surface area (Å²) in [5, 5.41) is 6.71. The first-order chi connectivity index (χ1) is 18.3. The van der Waals surface area contributed by atoms with Crippen LogP contribution in [-0.4, -0.2) is 62.2 Å². The molecule has 198 valence electrons. The Balaban J connectivity index is 1.32. The van der Waals surface area contributed by atoms with Crippen LogP contribution in [0.4, 0.5) is 11.4 Å². The molecule has 0 aromatic heterocycles. The van der Waals surface area contributed by atoms with E-state index in [4.69, 9.17) is 44.9 Å². The minimum absolute atomic E-state index is 0.102. The molecule has 0 bridgehead atoms. The zero-order valence-electron chi connectivity index (χ0n) is 20.8. The summed E-state index contributed by atoms with van der Waals surface area (Å²) in [4.78, 5) is 29.7. The first-order valence-corrected chi connectivity index (χ1v) is 12.9. The van der Waals surface area contributed by atoms with E-state index in [9.17, 15) is 9.59 Å². The van der Waals surface area contributed by atoms with Gasteiger partial charge in [-0.25, -0.2) is 0 Å². The molecule has 0 unspecified atom stereocenters. The van der Waals surface area contributed by atoms with Crippen LogP contribution < -0.4 is 25.0 Å². The van der Waals surface area contributed by atoms with E-state index in [2.05, 4.69) is 15.5 Å². The highest BCUT2D eigenvalue weighted by Gasteiger charge is 2.25. The number of ether oxygens (including phenoxy) is 2. The van der Waals surface area contributed by atoms with Crippen molar-refractivity contribution in [1.82, 2.24) is 10.2 Å². The van der Waals surface area contributed by atoms with Crippen LogP contribution in [0.25, 0.3) is 0 Å². The third kappa shape index (κ3) is 6.48. The summed E-state index contributed by atoms with van der Waals surface area (Å²) in [5.41, 5.74) is 2.48. The molecule has 2 amide bonds. The minimum atomic E-state index is -0.429. The van der Waals surface area contributed by atoms with Crippen LogP contribution in [0.5, 0.6) is 11.5 Å². The smallest absolute Gasteiger partial charge is 0.261 e. The Hall–Kier alpha value is -3.53. The van der Waals surface area contributed by atoms with Crippen LogP contribution in [0.15, 0.2) is 60.7 Å². The largest absolute Gasteiger partial charge is 0.496 e. The van der Waals surface area contributed by atoms with E-state index < -0.39 is 5.91 Å². The predicted molar refractivity (Wildman–Crippen MR) is 154 cm³/mol. The maximum atomic E-state index is 13.0. The van der Waals surface area contributed by atoms with Gasteiger partial charge in [0, 0.05) is 47.6 Å². The molecule has 4 rings (SSSR count). The molecule has 38 heavy (non-hydrogen) atoms. The number of benzene rings is 3. The molecule has 11 heteroatoms. The Morgan fingerprint density at radius 1 is 0.816 bits per heavy atom. The van der Waals surface area contributed by atoms with Crippen molar-refractivity contribution in [3.05, 3.63) is 81.8 Å². The quantitative estimate of drug-likeness (QED) is 0.397. The lowest BCUT2D eigenvalue weighted by molar-refractivity contribution is 0.0743. The number of piperazine rings is 1. The summed E-state index contributed by atoms with van der Waals surface area (Å²) >= 11 is 17.4. The van der Waals surface area contributed by atoms with Crippen molar-refractivity contribution >= 4 is 63.7 Å². The average Bonchev–Trinajstić information content (AvgIpc) is 2.93. The summed E-state index contributed by atoms with van der Waals surface area (Å²) in [6.45, 7) is 2.49. The van der Waals surface area contributed by atoms with Gasteiger partial charge in [-0.2, -0.15) is 0 Å². The van der Waals surface area contributed by atoms with Crippen molar-refractivity contribution in [2.45, 2.75) is 0 Å². The summed E-state index contributed by atoms with van der Waals surface area (Å²) in [7, 11) is 3.01. The van der Waals surface area contributed by atoms with E-state index in [0.717, 1.165) is 11.4 Å². The Kier molecular flexibility index (Phi) is 8.93. The highest BCUT2D eigenvalue weighted by molar-refractivity contribution is 7.80. The number of hydrogen-bond acceptors (Lipinski definition) is 6. The van der Waals surface area contributed by atoms with Crippen molar-refractivity contribution in [3.8, 4) is 11.5 Å². The van der Waals surface area contributed by atoms with Gasteiger partial charge in [-0.3, -0.25) is 14.9 Å². The van der Waals surface area contributed by atoms with Gasteiger partial charge in [-0.1, -0.05) is 23.2 Å². The fourth-order valence-electron chi connectivity index (χ4n) is 4.13. The number of nitrogens with one attached hydrogen (secondary N) is 2. The predicted octanol–water partition coefficient (Wildman–Crippen LogP) is 5.10. The van der Waals surface area contributed by atoms with Crippen molar-refractivity contribution < 1.29 is 19.1 Å².